The molecule has 1 fully saturated rings. The lowest BCUT2D eigenvalue weighted by atomic mass is 9.76. The van der Waals surface area contributed by atoms with Gasteiger partial charge in [-0.15, -0.1) is 0 Å². The summed E-state index contributed by atoms with van der Waals surface area (Å²) in [5.74, 6) is 1.49. The Kier molecular flexibility index (Phi) is 6.13. The molecule has 0 N–H and O–H groups in total. The van der Waals surface area contributed by atoms with Gasteiger partial charge in [0.1, 0.15) is 0 Å². The highest BCUT2D eigenvalue weighted by atomic mass is 28.4. The summed E-state index contributed by atoms with van der Waals surface area (Å²) in [6.07, 6.45) is -0.191. The van der Waals surface area contributed by atoms with E-state index in [1.54, 1.807) is 0 Å². The molecule has 3 aliphatic heterocycles. The number of fused-ring (bicyclic) bond motifs is 6. The molecule has 7 heteroatoms. The van der Waals surface area contributed by atoms with Crippen molar-refractivity contribution in [2.45, 2.75) is 77.3 Å². The summed E-state index contributed by atoms with van der Waals surface area (Å²) in [6.45, 7) is 16.5. The van der Waals surface area contributed by atoms with Gasteiger partial charge < -0.3 is 23.4 Å². The summed E-state index contributed by atoms with van der Waals surface area (Å²) < 4.78 is 30.1. The Morgan fingerprint density at radius 1 is 0.935 bits per heavy atom. The van der Waals surface area contributed by atoms with E-state index in [0.717, 1.165) is 22.6 Å². The van der Waals surface area contributed by atoms with Crippen LogP contribution < -0.4 is 9.47 Å². The van der Waals surface area contributed by atoms with Gasteiger partial charge in [-0.1, -0.05) is 41.5 Å². The lowest BCUT2D eigenvalue weighted by molar-refractivity contribution is -0.143. The first-order valence-corrected chi connectivity index (χ1v) is 13.7. The lowest BCUT2D eigenvalue weighted by Gasteiger charge is -2.43. The molecule has 0 saturated carbocycles. The van der Waals surface area contributed by atoms with Crippen LogP contribution in [0.15, 0.2) is 12.1 Å². The number of esters is 1. The van der Waals surface area contributed by atoms with Crippen LogP contribution in [-0.4, -0.2) is 34.3 Å². The molecular formula is C24H36O6Si. The number of ether oxygens (including phenoxy) is 4. The molecule has 0 aliphatic carbocycles. The van der Waals surface area contributed by atoms with E-state index in [4.69, 9.17) is 23.4 Å². The van der Waals surface area contributed by atoms with E-state index in [2.05, 4.69) is 47.6 Å². The summed E-state index contributed by atoms with van der Waals surface area (Å²) in [5, 5.41) is 0. The van der Waals surface area contributed by atoms with Crippen LogP contribution in [0.3, 0.4) is 0 Å². The van der Waals surface area contributed by atoms with Gasteiger partial charge in [0.2, 0.25) is 6.79 Å². The summed E-state index contributed by atoms with van der Waals surface area (Å²) in [4.78, 5) is 11.6. The predicted molar refractivity (Wildman–Crippen MR) is 120 cm³/mol. The molecule has 6 nitrogen and oxygen atoms in total. The molecule has 172 valence electrons. The van der Waals surface area contributed by atoms with Crippen LogP contribution in [0, 0.1) is 11.8 Å². The minimum atomic E-state index is -2.01. The Hall–Kier alpha value is -1.57. The molecule has 3 heterocycles. The van der Waals surface area contributed by atoms with Crippen molar-refractivity contribution < 1.29 is 28.2 Å². The third-order valence-corrected chi connectivity index (χ3v) is 13.6. The average molecular weight is 449 g/mol. The molecule has 4 atom stereocenters. The van der Waals surface area contributed by atoms with Crippen LogP contribution in [0.25, 0.3) is 0 Å². The van der Waals surface area contributed by atoms with Gasteiger partial charge in [0, 0.05) is 25.4 Å². The molecule has 1 saturated heterocycles. The smallest absolute Gasteiger partial charge is 0.302 e. The minimum absolute atomic E-state index is 0.0694. The van der Waals surface area contributed by atoms with Crippen molar-refractivity contribution in [2.75, 3.05) is 20.0 Å². The molecule has 2 bridgehead atoms. The third-order valence-electron chi connectivity index (χ3n) is 7.52. The van der Waals surface area contributed by atoms with Gasteiger partial charge in [-0.3, -0.25) is 4.79 Å². The maximum atomic E-state index is 11.6. The van der Waals surface area contributed by atoms with Crippen LogP contribution >= 0.6 is 0 Å². The highest BCUT2D eigenvalue weighted by Gasteiger charge is 2.55. The average Bonchev–Trinajstić information content (AvgIpc) is 3.37. The first-order valence-electron chi connectivity index (χ1n) is 11.5. The van der Waals surface area contributed by atoms with Gasteiger partial charge in [-0.05, 0) is 39.9 Å². The number of benzene rings is 1. The van der Waals surface area contributed by atoms with Crippen molar-refractivity contribution in [3.05, 3.63) is 23.3 Å². The highest BCUT2D eigenvalue weighted by molar-refractivity contribution is 6.77. The van der Waals surface area contributed by atoms with Crippen LogP contribution in [0.1, 0.15) is 71.8 Å². The van der Waals surface area contributed by atoms with Gasteiger partial charge >= 0.3 is 5.97 Å². The summed E-state index contributed by atoms with van der Waals surface area (Å²) in [5.41, 5.74) is 3.83. The largest absolute Gasteiger partial charge is 0.465 e. The van der Waals surface area contributed by atoms with E-state index in [9.17, 15) is 4.79 Å². The second kappa shape index (κ2) is 8.41. The maximum Gasteiger partial charge on any atom is 0.302 e. The first kappa shape index (κ1) is 22.6. The Balaban J connectivity index is 1.63. The van der Waals surface area contributed by atoms with Crippen LogP contribution in [0.5, 0.6) is 11.5 Å². The number of carbonyl (C=O) groups is 1. The first-order chi connectivity index (χ1) is 14.7. The number of carbonyl (C=O) groups excluding carboxylic acids is 1. The fourth-order valence-electron chi connectivity index (χ4n) is 6.26. The van der Waals surface area contributed by atoms with E-state index < -0.39 is 8.32 Å². The standard InChI is InChI=1S/C24H36O6Si/c1-13(2)31(14(3)4,15(5)6)29-11-20-19(10-26-16(7)25)23-17-8-21-22(28-12-27-21)9-18(17)24(20)30-23/h8-9,13-15,19-20,23-24H,10-12H2,1-7H3/t19-,20+,23-,24+/m1/s1. The van der Waals surface area contributed by atoms with Crippen molar-refractivity contribution in [3.8, 4) is 11.5 Å². The van der Waals surface area contributed by atoms with Crippen LogP contribution in [0.4, 0.5) is 0 Å². The van der Waals surface area contributed by atoms with E-state index in [1.807, 2.05) is 6.07 Å². The summed E-state index contributed by atoms with van der Waals surface area (Å²) in [6, 6.07) is 4.10. The van der Waals surface area contributed by atoms with E-state index >= 15 is 0 Å². The summed E-state index contributed by atoms with van der Waals surface area (Å²) in [7, 11) is -2.01. The zero-order valence-corrected chi connectivity index (χ0v) is 20.8. The van der Waals surface area contributed by atoms with Gasteiger partial charge in [0.05, 0.1) is 18.8 Å². The van der Waals surface area contributed by atoms with Gasteiger partial charge in [-0.2, -0.15) is 0 Å². The van der Waals surface area contributed by atoms with E-state index in [0.29, 0.717) is 29.8 Å². The lowest BCUT2D eigenvalue weighted by Crippen LogP contribution is -2.49. The van der Waals surface area contributed by atoms with Crippen molar-refractivity contribution in [2.24, 2.45) is 11.8 Å². The Morgan fingerprint density at radius 3 is 1.87 bits per heavy atom. The molecule has 1 aromatic carbocycles. The van der Waals surface area contributed by atoms with E-state index in [-0.39, 0.29) is 36.8 Å². The van der Waals surface area contributed by atoms with Gasteiger partial charge in [0.25, 0.3) is 0 Å². The van der Waals surface area contributed by atoms with Crippen molar-refractivity contribution in [1.29, 1.82) is 0 Å². The van der Waals surface area contributed by atoms with E-state index in [1.165, 1.54) is 6.92 Å². The number of hydrogen-bond donors (Lipinski definition) is 0. The van der Waals surface area contributed by atoms with Crippen LogP contribution in [0.2, 0.25) is 16.6 Å². The maximum absolute atomic E-state index is 11.6. The Labute approximate surface area is 186 Å². The molecule has 31 heavy (non-hydrogen) atoms. The molecule has 1 aromatic rings. The second-order valence-corrected chi connectivity index (χ2v) is 15.5. The molecule has 0 radical (unpaired) electrons. The predicted octanol–water partition coefficient (Wildman–Crippen LogP) is 5.53. The van der Waals surface area contributed by atoms with Crippen LogP contribution in [-0.2, 0) is 18.7 Å². The molecule has 0 spiro atoms. The zero-order chi connectivity index (χ0) is 22.5. The van der Waals surface area contributed by atoms with Crippen molar-refractivity contribution in [1.82, 2.24) is 0 Å². The molecule has 3 aliphatic rings. The third kappa shape index (κ3) is 3.68. The monoisotopic (exact) mass is 448 g/mol. The highest BCUT2D eigenvalue weighted by Crippen LogP contribution is 2.60. The molecule has 0 amide bonds. The van der Waals surface area contributed by atoms with Crippen molar-refractivity contribution in [3.63, 3.8) is 0 Å². The normalized spacial score (nSPS) is 26.3. The molecular weight excluding hydrogens is 412 g/mol. The molecule has 4 rings (SSSR count). The summed E-state index contributed by atoms with van der Waals surface area (Å²) >= 11 is 0. The van der Waals surface area contributed by atoms with Gasteiger partial charge in [0.15, 0.2) is 19.8 Å². The zero-order valence-electron chi connectivity index (χ0n) is 19.8. The van der Waals surface area contributed by atoms with Gasteiger partial charge in [-0.25, -0.2) is 0 Å². The van der Waals surface area contributed by atoms with Crippen molar-refractivity contribution >= 4 is 14.3 Å². The number of hydrogen-bond acceptors (Lipinski definition) is 6. The fourth-order valence-corrected chi connectivity index (χ4v) is 11.7. The Morgan fingerprint density at radius 2 is 1.42 bits per heavy atom. The Bertz CT molecular complexity index is 814. The quantitative estimate of drug-likeness (QED) is 0.385. The molecule has 0 aromatic heterocycles. The number of rotatable bonds is 8. The fraction of sp³-hybridized carbons (Fsp3) is 0.708. The second-order valence-electron chi connectivity index (χ2n) is 10.1. The SMILES string of the molecule is CC(=O)OC[C@@H]1[C@H](CO[Si](C(C)C)(C(C)C)C(C)C)[C@H]2O[C@@H]1c1cc3c(cc12)OCO3. The molecule has 0 unspecified atom stereocenters. The minimum Gasteiger partial charge on any atom is -0.465 e. The topological polar surface area (TPSA) is 63.2 Å².